The second-order valence-electron chi connectivity index (χ2n) is 7.91. The van der Waals surface area contributed by atoms with Crippen molar-refractivity contribution in [2.75, 3.05) is 32.8 Å². The number of hydrogen-bond donors (Lipinski definition) is 1. The number of amides is 1. The van der Waals surface area contributed by atoms with Gasteiger partial charge in [0.2, 0.25) is 5.91 Å². The Morgan fingerprint density at radius 1 is 1.17 bits per heavy atom. The zero-order chi connectivity index (χ0) is 16.3. The molecule has 3 rings (SSSR count). The van der Waals surface area contributed by atoms with Gasteiger partial charge in [-0.25, -0.2) is 0 Å². The molecule has 0 aromatic rings. The predicted molar refractivity (Wildman–Crippen MR) is 92.1 cm³/mol. The Balaban J connectivity index is 1.52. The topological polar surface area (TPSA) is 43.8 Å². The first-order chi connectivity index (χ1) is 11.2. The molecular formula is C19H32N2O2. The highest BCUT2D eigenvalue weighted by Gasteiger charge is 2.38. The summed E-state index contributed by atoms with van der Waals surface area (Å²) in [7, 11) is 0. The summed E-state index contributed by atoms with van der Waals surface area (Å²) in [5.74, 6) is 0.737. The highest BCUT2D eigenvalue weighted by molar-refractivity contribution is 5.79. The third-order valence-electron chi connectivity index (χ3n) is 6.35. The molecule has 2 aliphatic heterocycles. The molecule has 23 heavy (non-hydrogen) atoms. The molecule has 2 saturated heterocycles. The normalized spacial score (nSPS) is 30.9. The number of carbonyl (C=O) groups excluding carboxylic acids is 1. The highest BCUT2D eigenvalue weighted by Crippen LogP contribution is 2.36. The summed E-state index contributed by atoms with van der Waals surface area (Å²) in [4.78, 5) is 17.0. The van der Waals surface area contributed by atoms with Crippen molar-refractivity contribution in [3.8, 4) is 0 Å². The van der Waals surface area contributed by atoms with Gasteiger partial charge in [-0.05, 0) is 51.5 Å². The van der Waals surface area contributed by atoms with Crippen LogP contribution in [0.1, 0.15) is 51.4 Å². The van der Waals surface area contributed by atoms with E-state index in [-0.39, 0.29) is 12.0 Å². The average molecular weight is 320 g/mol. The quantitative estimate of drug-likeness (QED) is 0.791. The van der Waals surface area contributed by atoms with Crippen molar-refractivity contribution >= 4 is 5.91 Å². The first-order valence-corrected chi connectivity index (χ1v) is 9.42. The lowest BCUT2D eigenvalue weighted by molar-refractivity contribution is -0.140. The van der Waals surface area contributed by atoms with Crippen molar-refractivity contribution in [1.29, 1.82) is 0 Å². The lowest BCUT2D eigenvalue weighted by atomic mass is 9.77. The molecule has 2 heterocycles. The average Bonchev–Trinajstić information content (AvgIpc) is 2.54. The van der Waals surface area contributed by atoms with E-state index in [2.05, 4.69) is 16.4 Å². The van der Waals surface area contributed by atoms with Crippen LogP contribution in [0.15, 0.2) is 12.7 Å². The van der Waals surface area contributed by atoms with Crippen molar-refractivity contribution in [2.24, 2.45) is 11.3 Å². The van der Waals surface area contributed by atoms with Gasteiger partial charge in [-0.1, -0.05) is 12.5 Å². The molecule has 3 aliphatic rings. The monoisotopic (exact) mass is 320 g/mol. The van der Waals surface area contributed by atoms with Crippen LogP contribution in [0.2, 0.25) is 0 Å². The zero-order valence-corrected chi connectivity index (χ0v) is 14.4. The number of allylic oxidation sites excluding steroid dienone is 1. The fourth-order valence-corrected chi connectivity index (χ4v) is 4.59. The van der Waals surface area contributed by atoms with E-state index in [9.17, 15) is 9.90 Å². The van der Waals surface area contributed by atoms with E-state index in [1.807, 2.05) is 6.08 Å². The number of nitrogens with zero attached hydrogens (tertiary/aromatic N) is 2. The molecule has 0 unspecified atom stereocenters. The van der Waals surface area contributed by atoms with Crippen LogP contribution in [0.4, 0.5) is 0 Å². The summed E-state index contributed by atoms with van der Waals surface area (Å²) >= 11 is 0. The largest absolute Gasteiger partial charge is 0.396 e. The van der Waals surface area contributed by atoms with Gasteiger partial charge in [0.1, 0.15) is 0 Å². The molecule has 130 valence electrons. The lowest BCUT2D eigenvalue weighted by Gasteiger charge is -2.47. The maximum Gasteiger partial charge on any atom is 0.225 e. The van der Waals surface area contributed by atoms with Crippen LogP contribution in [-0.2, 0) is 4.79 Å². The van der Waals surface area contributed by atoms with Crippen LogP contribution >= 0.6 is 0 Å². The lowest BCUT2D eigenvalue weighted by Crippen LogP contribution is -2.53. The number of likely N-dealkylation sites (tertiary alicyclic amines) is 2. The van der Waals surface area contributed by atoms with E-state index in [1.54, 1.807) is 0 Å². The second-order valence-corrected chi connectivity index (χ2v) is 7.91. The molecular weight excluding hydrogens is 288 g/mol. The third-order valence-corrected chi connectivity index (χ3v) is 6.35. The number of carbonyl (C=O) groups is 1. The standard InChI is InChI=1S/C19H32N2O2/c1-2-9-19(15-22)10-4-11-21(14-19)17-7-12-20(13-8-17)18(23)16-5-3-6-16/h2,16-17,22H,1,3-15H2/t19-/m0/s1. The van der Waals surface area contributed by atoms with Crippen LogP contribution in [0.5, 0.6) is 0 Å². The van der Waals surface area contributed by atoms with Crippen molar-refractivity contribution in [3.63, 3.8) is 0 Å². The van der Waals surface area contributed by atoms with E-state index in [1.165, 1.54) is 6.42 Å². The van der Waals surface area contributed by atoms with E-state index < -0.39 is 0 Å². The Hall–Kier alpha value is -0.870. The van der Waals surface area contributed by atoms with Crippen molar-refractivity contribution in [1.82, 2.24) is 9.80 Å². The Morgan fingerprint density at radius 2 is 1.91 bits per heavy atom. The van der Waals surface area contributed by atoms with Gasteiger partial charge >= 0.3 is 0 Å². The summed E-state index contributed by atoms with van der Waals surface area (Å²) in [6, 6.07) is 0.580. The molecule has 0 bridgehead atoms. The van der Waals surface area contributed by atoms with Gasteiger partial charge in [-0.15, -0.1) is 6.58 Å². The molecule has 1 saturated carbocycles. The van der Waals surface area contributed by atoms with Gasteiger partial charge in [-0.2, -0.15) is 0 Å². The molecule has 0 aromatic carbocycles. The van der Waals surface area contributed by atoms with Crippen LogP contribution in [-0.4, -0.2) is 59.6 Å². The molecule has 0 radical (unpaired) electrons. The second kappa shape index (κ2) is 7.35. The first-order valence-electron chi connectivity index (χ1n) is 9.42. The molecule has 1 N–H and O–H groups in total. The summed E-state index contributed by atoms with van der Waals surface area (Å²) < 4.78 is 0. The summed E-state index contributed by atoms with van der Waals surface area (Å²) in [5.41, 5.74) is 0.0128. The van der Waals surface area contributed by atoms with Gasteiger partial charge < -0.3 is 10.0 Å². The minimum Gasteiger partial charge on any atom is -0.396 e. The fraction of sp³-hybridized carbons (Fsp3) is 0.842. The number of hydrogen-bond acceptors (Lipinski definition) is 3. The first kappa shape index (κ1) is 17.0. The van der Waals surface area contributed by atoms with Crippen molar-refractivity contribution in [2.45, 2.75) is 57.4 Å². The number of piperidine rings is 2. The van der Waals surface area contributed by atoms with Gasteiger partial charge in [0, 0.05) is 37.0 Å². The molecule has 4 heteroatoms. The minimum absolute atomic E-state index is 0.0128. The summed E-state index contributed by atoms with van der Waals surface area (Å²) in [6.07, 6.45) is 10.7. The summed E-state index contributed by atoms with van der Waals surface area (Å²) in [5, 5.41) is 9.87. The fourth-order valence-electron chi connectivity index (χ4n) is 4.59. The predicted octanol–water partition coefficient (Wildman–Crippen LogP) is 2.43. The zero-order valence-electron chi connectivity index (χ0n) is 14.4. The maximum atomic E-state index is 12.4. The smallest absolute Gasteiger partial charge is 0.225 e. The molecule has 1 amide bonds. The maximum absolute atomic E-state index is 12.4. The number of rotatable bonds is 5. The molecule has 3 fully saturated rings. The van der Waals surface area contributed by atoms with Crippen LogP contribution in [0, 0.1) is 11.3 Å². The van der Waals surface area contributed by atoms with E-state index in [0.717, 1.165) is 71.1 Å². The molecule has 1 atom stereocenters. The Kier molecular flexibility index (Phi) is 5.42. The third kappa shape index (κ3) is 3.63. The van der Waals surface area contributed by atoms with E-state index in [4.69, 9.17) is 0 Å². The van der Waals surface area contributed by atoms with Gasteiger partial charge in [-0.3, -0.25) is 9.69 Å². The van der Waals surface area contributed by atoms with Crippen molar-refractivity contribution in [3.05, 3.63) is 12.7 Å². The number of aliphatic hydroxyl groups is 1. The van der Waals surface area contributed by atoms with E-state index in [0.29, 0.717) is 17.9 Å². The Morgan fingerprint density at radius 3 is 2.48 bits per heavy atom. The Labute approximate surface area is 140 Å². The number of aliphatic hydroxyl groups excluding tert-OH is 1. The SMILES string of the molecule is C=CC[C@]1(CO)CCCN(C2CCN(C(=O)C3CCC3)CC2)C1. The van der Waals surface area contributed by atoms with E-state index >= 15 is 0 Å². The molecule has 0 aromatic heterocycles. The van der Waals surface area contributed by atoms with Crippen LogP contribution < -0.4 is 0 Å². The molecule has 1 aliphatic carbocycles. The Bertz CT molecular complexity index is 427. The summed E-state index contributed by atoms with van der Waals surface area (Å²) in [6.45, 7) is 8.09. The molecule has 4 nitrogen and oxygen atoms in total. The van der Waals surface area contributed by atoms with Crippen LogP contribution in [0.25, 0.3) is 0 Å². The van der Waals surface area contributed by atoms with Crippen LogP contribution in [0.3, 0.4) is 0 Å². The van der Waals surface area contributed by atoms with Crippen molar-refractivity contribution < 1.29 is 9.90 Å². The van der Waals surface area contributed by atoms with Gasteiger partial charge in [0.15, 0.2) is 0 Å². The van der Waals surface area contributed by atoms with Gasteiger partial charge in [0.25, 0.3) is 0 Å². The highest BCUT2D eigenvalue weighted by atomic mass is 16.3. The minimum atomic E-state index is 0.0128. The molecule has 0 spiro atoms. The van der Waals surface area contributed by atoms with Gasteiger partial charge in [0.05, 0.1) is 6.61 Å².